The minimum Gasteiger partial charge on any atom is -0.491 e. The van der Waals surface area contributed by atoms with Gasteiger partial charge in [-0.3, -0.25) is 14.4 Å². The normalized spacial score (nSPS) is 18.3. The zero-order valence-electron chi connectivity index (χ0n) is 19.7. The first-order valence-corrected chi connectivity index (χ1v) is 11.4. The molecule has 1 aliphatic heterocycles. The molecule has 2 aromatic rings. The number of hydrogen-bond acceptors (Lipinski definition) is 6. The highest BCUT2D eigenvalue weighted by atomic mass is 19.1. The summed E-state index contributed by atoms with van der Waals surface area (Å²) in [6, 6.07) is 2.87. The number of nitrogens with one attached hydrogen (secondary N) is 2. The summed E-state index contributed by atoms with van der Waals surface area (Å²) in [7, 11) is 0. The first-order chi connectivity index (χ1) is 16.2. The third kappa shape index (κ3) is 7.00. The Morgan fingerprint density at radius 3 is 2.79 bits per heavy atom. The van der Waals surface area contributed by atoms with Crippen LogP contribution in [0.4, 0.5) is 4.39 Å². The van der Waals surface area contributed by atoms with Gasteiger partial charge in [0.1, 0.15) is 24.2 Å². The summed E-state index contributed by atoms with van der Waals surface area (Å²) >= 11 is 0. The molecular weight excluding hydrogens is 443 g/mol. The van der Waals surface area contributed by atoms with Crippen molar-refractivity contribution >= 4 is 17.7 Å². The van der Waals surface area contributed by atoms with E-state index in [0.717, 1.165) is 11.8 Å². The van der Waals surface area contributed by atoms with Crippen LogP contribution in [0.1, 0.15) is 43.2 Å². The molecule has 34 heavy (non-hydrogen) atoms. The first-order valence-electron chi connectivity index (χ1n) is 11.4. The number of fused-ring (bicyclic) bond motifs is 3. The van der Waals surface area contributed by atoms with Crippen molar-refractivity contribution in [2.45, 2.75) is 46.2 Å². The Labute approximate surface area is 197 Å². The lowest BCUT2D eigenvalue weighted by molar-refractivity contribution is -0.129. The van der Waals surface area contributed by atoms with Gasteiger partial charge < -0.3 is 20.3 Å². The largest absolute Gasteiger partial charge is 0.491 e. The standard InChI is InChI=1S/C23H31FN6O4/c1-15(2)12-20-23(33)25-7-9-29(16(3)31)8-6-18-14-30(28-27-18)10-11-34-21-5-4-17(24)13-19(21)22(32)26-20/h4-5,13-15,20H,6-12H2,1-3H3,(H,25,33)(H,26,32)/t20-/m1/s1. The van der Waals surface area contributed by atoms with Crippen LogP contribution in [0.15, 0.2) is 24.4 Å². The van der Waals surface area contributed by atoms with Crippen molar-refractivity contribution in [3.05, 3.63) is 41.5 Å². The average Bonchev–Trinajstić information content (AvgIpc) is 3.22. The van der Waals surface area contributed by atoms with Gasteiger partial charge in [-0.05, 0) is 30.5 Å². The number of carbonyl (C=O) groups is 3. The Hall–Kier alpha value is -3.50. The van der Waals surface area contributed by atoms with E-state index in [4.69, 9.17) is 4.74 Å². The van der Waals surface area contributed by atoms with E-state index in [-0.39, 0.29) is 42.2 Å². The predicted octanol–water partition coefficient (Wildman–Crippen LogP) is 1.16. The molecule has 1 aromatic heterocycles. The average molecular weight is 475 g/mol. The Bertz CT molecular complexity index is 1020. The minimum atomic E-state index is -0.821. The second kappa shape index (κ2) is 11.6. The molecule has 0 saturated carbocycles. The van der Waals surface area contributed by atoms with Gasteiger partial charge in [0.2, 0.25) is 11.8 Å². The molecule has 0 aliphatic carbocycles. The van der Waals surface area contributed by atoms with Crippen LogP contribution in [0.2, 0.25) is 0 Å². The van der Waals surface area contributed by atoms with Gasteiger partial charge in [0.25, 0.3) is 5.91 Å². The number of ether oxygens (including phenoxy) is 1. The topological polar surface area (TPSA) is 118 Å². The molecule has 2 bridgehead atoms. The number of aromatic nitrogens is 3. The van der Waals surface area contributed by atoms with Gasteiger partial charge in [0.05, 0.1) is 17.8 Å². The molecule has 2 N–H and O–H groups in total. The van der Waals surface area contributed by atoms with Gasteiger partial charge in [0, 0.05) is 39.2 Å². The molecule has 11 heteroatoms. The molecule has 10 nitrogen and oxygen atoms in total. The summed E-state index contributed by atoms with van der Waals surface area (Å²) in [6.45, 7) is 6.86. The number of halogens is 1. The van der Waals surface area contributed by atoms with Crippen LogP contribution in [0, 0.1) is 11.7 Å². The highest BCUT2D eigenvalue weighted by molar-refractivity contribution is 5.99. The number of nitrogens with zero attached hydrogens (tertiary/aromatic N) is 4. The smallest absolute Gasteiger partial charge is 0.255 e. The van der Waals surface area contributed by atoms with Crippen LogP contribution >= 0.6 is 0 Å². The van der Waals surface area contributed by atoms with E-state index < -0.39 is 17.8 Å². The second-order valence-corrected chi connectivity index (χ2v) is 8.66. The highest BCUT2D eigenvalue weighted by Crippen LogP contribution is 2.20. The van der Waals surface area contributed by atoms with Crippen LogP contribution in [0.5, 0.6) is 5.75 Å². The number of amides is 3. The van der Waals surface area contributed by atoms with Crippen LogP contribution in [0.3, 0.4) is 0 Å². The summed E-state index contributed by atoms with van der Waals surface area (Å²) in [5.74, 6) is -1.35. The molecule has 0 radical (unpaired) electrons. The Balaban J connectivity index is 1.86. The zero-order chi connectivity index (χ0) is 24.7. The summed E-state index contributed by atoms with van der Waals surface area (Å²) in [4.78, 5) is 39.5. The fraction of sp³-hybridized carbons (Fsp3) is 0.522. The minimum absolute atomic E-state index is 0.00436. The van der Waals surface area contributed by atoms with Gasteiger partial charge >= 0.3 is 0 Å². The lowest BCUT2D eigenvalue weighted by Gasteiger charge is -2.23. The fourth-order valence-electron chi connectivity index (χ4n) is 3.67. The lowest BCUT2D eigenvalue weighted by atomic mass is 10.0. The SMILES string of the molecule is CC(=O)N1CCNC(=O)[C@@H](CC(C)C)NC(=O)c2cc(F)ccc2OCCn2cc(nn2)CC1. The molecule has 184 valence electrons. The number of hydrogen-bond donors (Lipinski definition) is 2. The molecule has 1 atom stereocenters. The highest BCUT2D eigenvalue weighted by Gasteiger charge is 2.25. The second-order valence-electron chi connectivity index (χ2n) is 8.66. The third-order valence-corrected chi connectivity index (χ3v) is 5.44. The van der Waals surface area contributed by atoms with E-state index in [1.54, 1.807) is 15.8 Å². The maximum Gasteiger partial charge on any atom is 0.255 e. The Kier molecular flexibility index (Phi) is 8.55. The predicted molar refractivity (Wildman–Crippen MR) is 122 cm³/mol. The van der Waals surface area contributed by atoms with Crippen molar-refractivity contribution in [2.75, 3.05) is 26.2 Å². The molecule has 0 saturated heterocycles. The molecule has 2 heterocycles. The maximum atomic E-state index is 13.9. The van der Waals surface area contributed by atoms with Crippen molar-refractivity contribution in [1.29, 1.82) is 0 Å². The third-order valence-electron chi connectivity index (χ3n) is 5.44. The first kappa shape index (κ1) is 25.1. The number of rotatable bonds is 2. The molecule has 0 spiro atoms. The fourth-order valence-corrected chi connectivity index (χ4v) is 3.67. The Morgan fingerprint density at radius 2 is 2.06 bits per heavy atom. The van der Waals surface area contributed by atoms with Crippen molar-refractivity contribution < 1.29 is 23.5 Å². The van der Waals surface area contributed by atoms with Crippen molar-refractivity contribution in [3.63, 3.8) is 0 Å². The number of benzene rings is 1. The Morgan fingerprint density at radius 1 is 1.26 bits per heavy atom. The van der Waals surface area contributed by atoms with Gasteiger partial charge in [-0.25, -0.2) is 9.07 Å². The zero-order valence-corrected chi connectivity index (χ0v) is 19.7. The molecule has 0 fully saturated rings. The van der Waals surface area contributed by atoms with E-state index in [1.165, 1.54) is 19.1 Å². The van der Waals surface area contributed by atoms with Gasteiger partial charge in [-0.2, -0.15) is 0 Å². The molecule has 0 unspecified atom stereocenters. The molecule has 3 amide bonds. The van der Waals surface area contributed by atoms with E-state index in [9.17, 15) is 18.8 Å². The van der Waals surface area contributed by atoms with Crippen molar-refractivity contribution in [3.8, 4) is 5.75 Å². The molecule has 1 aromatic carbocycles. The van der Waals surface area contributed by atoms with Crippen molar-refractivity contribution in [2.24, 2.45) is 5.92 Å². The quantitative estimate of drug-likeness (QED) is 0.675. The maximum absolute atomic E-state index is 13.9. The summed E-state index contributed by atoms with van der Waals surface area (Å²) in [6.07, 6.45) is 2.68. The monoisotopic (exact) mass is 474 g/mol. The number of carbonyl (C=O) groups excluding carboxylic acids is 3. The molecule has 3 rings (SSSR count). The van der Waals surface area contributed by atoms with Crippen LogP contribution in [0.25, 0.3) is 0 Å². The van der Waals surface area contributed by atoms with Crippen LogP contribution in [-0.4, -0.2) is 69.9 Å². The summed E-state index contributed by atoms with van der Waals surface area (Å²) < 4.78 is 21.3. The van der Waals surface area contributed by atoms with E-state index in [1.807, 2.05) is 13.8 Å². The van der Waals surface area contributed by atoms with E-state index >= 15 is 0 Å². The van der Waals surface area contributed by atoms with Gasteiger partial charge in [-0.1, -0.05) is 19.1 Å². The lowest BCUT2D eigenvalue weighted by Crippen LogP contribution is -2.49. The van der Waals surface area contributed by atoms with Gasteiger partial charge in [-0.15, -0.1) is 5.10 Å². The van der Waals surface area contributed by atoms with Gasteiger partial charge in [0.15, 0.2) is 0 Å². The summed E-state index contributed by atoms with van der Waals surface area (Å²) in [5, 5.41) is 13.7. The van der Waals surface area contributed by atoms with Crippen LogP contribution < -0.4 is 15.4 Å². The molecular formula is C23H31FN6O4. The summed E-state index contributed by atoms with van der Waals surface area (Å²) in [5.41, 5.74) is 0.722. The van der Waals surface area contributed by atoms with E-state index in [2.05, 4.69) is 20.9 Å². The molecule has 1 aliphatic rings. The van der Waals surface area contributed by atoms with Crippen molar-refractivity contribution in [1.82, 2.24) is 30.5 Å². The van der Waals surface area contributed by atoms with E-state index in [0.29, 0.717) is 32.5 Å². The van der Waals surface area contributed by atoms with Crippen LogP contribution in [-0.2, 0) is 22.6 Å².